The maximum Gasteiger partial charge on any atom is 0.307 e. The van der Waals surface area contributed by atoms with Gasteiger partial charge < -0.3 is 9.84 Å². The van der Waals surface area contributed by atoms with Gasteiger partial charge in [0.05, 0.1) is 19.1 Å². The lowest BCUT2D eigenvalue weighted by molar-refractivity contribution is -0.144. The number of carbonyl (C=O) groups excluding carboxylic acids is 1. The number of aliphatic hydroxyl groups excluding tert-OH is 1. The van der Waals surface area contributed by atoms with Crippen molar-refractivity contribution in [3.8, 4) is 0 Å². The van der Waals surface area contributed by atoms with E-state index in [1.807, 2.05) is 20.9 Å². The van der Waals surface area contributed by atoms with E-state index in [9.17, 15) is 9.90 Å². The van der Waals surface area contributed by atoms with E-state index in [4.69, 9.17) is 4.74 Å². The Labute approximate surface area is 104 Å². The van der Waals surface area contributed by atoms with Crippen molar-refractivity contribution in [2.45, 2.75) is 64.1 Å². The van der Waals surface area contributed by atoms with Crippen LogP contribution in [0.2, 0.25) is 0 Å². The predicted molar refractivity (Wildman–Crippen MR) is 66.7 cm³/mol. The first-order valence-corrected chi connectivity index (χ1v) is 6.61. The number of nitrogens with zero attached hydrogens (tertiary/aromatic N) is 1. The molecule has 1 aliphatic rings. The van der Waals surface area contributed by atoms with E-state index in [1.165, 1.54) is 0 Å². The van der Waals surface area contributed by atoms with Gasteiger partial charge in [-0.15, -0.1) is 0 Å². The van der Waals surface area contributed by atoms with Gasteiger partial charge in [-0.1, -0.05) is 12.8 Å². The predicted octanol–water partition coefficient (Wildman–Crippen LogP) is 1.56. The monoisotopic (exact) mass is 243 g/mol. The first-order valence-electron chi connectivity index (χ1n) is 6.61. The number of ether oxygens (including phenoxy) is 1. The lowest BCUT2D eigenvalue weighted by Gasteiger charge is -2.38. The van der Waals surface area contributed by atoms with Crippen molar-refractivity contribution in [1.82, 2.24) is 4.90 Å². The summed E-state index contributed by atoms with van der Waals surface area (Å²) >= 11 is 0. The first kappa shape index (κ1) is 14.5. The molecule has 1 rings (SSSR count). The van der Waals surface area contributed by atoms with Crippen molar-refractivity contribution in [1.29, 1.82) is 0 Å². The Kier molecular flexibility index (Phi) is 5.92. The molecule has 0 aromatic rings. The second-order valence-electron chi connectivity index (χ2n) is 4.94. The summed E-state index contributed by atoms with van der Waals surface area (Å²) in [6, 6.07) is 0.306. The van der Waals surface area contributed by atoms with Crippen molar-refractivity contribution in [3.63, 3.8) is 0 Å². The number of hydrogen-bond acceptors (Lipinski definition) is 4. The molecule has 1 aliphatic carbocycles. The van der Waals surface area contributed by atoms with E-state index in [0.29, 0.717) is 13.0 Å². The zero-order valence-corrected chi connectivity index (χ0v) is 11.2. The van der Waals surface area contributed by atoms with E-state index < -0.39 is 0 Å². The van der Waals surface area contributed by atoms with Crippen LogP contribution in [-0.4, -0.2) is 47.8 Å². The molecular weight excluding hydrogens is 218 g/mol. The number of carbonyl (C=O) groups is 1. The largest absolute Gasteiger partial charge is 0.466 e. The Balaban J connectivity index is 2.44. The molecule has 3 unspecified atom stereocenters. The normalized spacial score (nSPS) is 26.9. The van der Waals surface area contributed by atoms with Gasteiger partial charge >= 0.3 is 5.97 Å². The van der Waals surface area contributed by atoms with Crippen molar-refractivity contribution in [2.24, 2.45) is 0 Å². The third-order valence-corrected chi connectivity index (χ3v) is 3.68. The number of hydrogen-bond donors (Lipinski definition) is 1. The first-order chi connectivity index (χ1) is 8.06. The maximum absolute atomic E-state index is 11.4. The molecule has 0 aliphatic heterocycles. The van der Waals surface area contributed by atoms with Crippen LogP contribution in [0, 0.1) is 0 Å². The van der Waals surface area contributed by atoms with Gasteiger partial charge in [-0.25, -0.2) is 0 Å². The van der Waals surface area contributed by atoms with E-state index in [2.05, 4.69) is 4.90 Å². The van der Waals surface area contributed by atoms with Gasteiger partial charge in [0.15, 0.2) is 0 Å². The number of rotatable bonds is 5. The van der Waals surface area contributed by atoms with Gasteiger partial charge in [0.1, 0.15) is 0 Å². The van der Waals surface area contributed by atoms with Crippen LogP contribution in [0.1, 0.15) is 46.0 Å². The average Bonchev–Trinajstić information content (AvgIpc) is 2.29. The fraction of sp³-hybridized carbons (Fsp3) is 0.923. The molecule has 1 saturated carbocycles. The quantitative estimate of drug-likeness (QED) is 0.745. The van der Waals surface area contributed by atoms with Crippen molar-refractivity contribution >= 4 is 5.97 Å². The summed E-state index contributed by atoms with van der Waals surface area (Å²) in [7, 11) is 1.99. The molecule has 0 aromatic heterocycles. The molecule has 1 fully saturated rings. The fourth-order valence-corrected chi connectivity index (χ4v) is 2.50. The molecule has 0 heterocycles. The summed E-state index contributed by atoms with van der Waals surface area (Å²) in [4.78, 5) is 13.5. The minimum absolute atomic E-state index is 0.117. The highest BCUT2D eigenvalue weighted by atomic mass is 16.5. The molecule has 0 aromatic carbocycles. The second-order valence-corrected chi connectivity index (χ2v) is 4.94. The van der Waals surface area contributed by atoms with Crippen molar-refractivity contribution in [3.05, 3.63) is 0 Å². The topological polar surface area (TPSA) is 49.8 Å². The van der Waals surface area contributed by atoms with E-state index in [-0.39, 0.29) is 24.2 Å². The fourth-order valence-electron chi connectivity index (χ4n) is 2.50. The van der Waals surface area contributed by atoms with Crippen LogP contribution in [0.3, 0.4) is 0 Å². The lowest BCUT2D eigenvalue weighted by Crippen LogP contribution is -2.47. The van der Waals surface area contributed by atoms with Gasteiger partial charge in [0.25, 0.3) is 0 Å². The number of aliphatic hydroxyl groups is 1. The molecule has 100 valence electrons. The molecule has 4 heteroatoms. The molecule has 3 atom stereocenters. The summed E-state index contributed by atoms with van der Waals surface area (Å²) in [6.07, 6.45) is 4.31. The molecule has 0 bridgehead atoms. The van der Waals surface area contributed by atoms with Crippen LogP contribution in [-0.2, 0) is 9.53 Å². The molecule has 1 N–H and O–H groups in total. The number of esters is 1. The molecule has 0 spiro atoms. The average molecular weight is 243 g/mol. The van der Waals surface area contributed by atoms with Crippen LogP contribution in [0.5, 0.6) is 0 Å². The number of likely N-dealkylation sites (N-methyl/N-ethyl adjacent to an activating group) is 1. The SMILES string of the molecule is CCOC(=O)CC(C)N(C)C1CCCCC1O. The molecule has 0 saturated heterocycles. The minimum Gasteiger partial charge on any atom is -0.466 e. The summed E-state index contributed by atoms with van der Waals surface area (Å²) in [5.74, 6) is -0.155. The molecule has 4 nitrogen and oxygen atoms in total. The Morgan fingerprint density at radius 1 is 1.47 bits per heavy atom. The summed E-state index contributed by atoms with van der Waals surface area (Å²) in [5, 5.41) is 9.97. The summed E-state index contributed by atoms with van der Waals surface area (Å²) in [5.41, 5.74) is 0. The molecular formula is C13H25NO3. The third-order valence-electron chi connectivity index (χ3n) is 3.68. The highest BCUT2D eigenvalue weighted by Gasteiger charge is 2.29. The van der Waals surface area contributed by atoms with Crippen LogP contribution >= 0.6 is 0 Å². The third kappa shape index (κ3) is 4.28. The van der Waals surface area contributed by atoms with Crippen molar-refractivity contribution in [2.75, 3.05) is 13.7 Å². The van der Waals surface area contributed by atoms with Crippen LogP contribution in [0.15, 0.2) is 0 Å². The van der Waals surface area contributed by atoms with Gasteiger partial charge in [-0.05, 0) is 33.7 Å². The highest BCUT2D eigenvalue weighted by molar-refractivity contribution is 5.70. The summed E-state index contributed by atoms with van der Waals surface area (Å²) in [6.45, 7) is 4.26. The van der Waals surface area contributed by atoms with Crippen LogP contribution in [0.4, 0.5) is 0 Å². The van der Waals surface area contributed by atoms with E-state index >= 15 is 0 Å². The zero-order valence-electron chi connectivity index (χ0n) is 11.2. The van der Waals surface area contributed by atoms with Gasteiger partial charge in [0, 0.05) is 12.1 Å². The van der Waals surface area contributed by atoms with Gasteiger partial charge in [-0.2, -0.15) is 0 Å². The van der Waals surface area contributed by atoms with Crippen molar-refractivity contribution < 1.29 is 14.6 Å². The van der Waals surface area contributed by atoms with Gasteiger partial charge in [-0.3, -0.25) is 9.69 Å². The van der Waals surface area contributed by atoms with Crippen LogP contribution in [0.25, 0.3) is 0 Å². The van der Waals surface area contributed by atoms with Crippen LogP contribution < -0.4 is 0 Å². The van der Waals surface area contributed by atoms with Gasteiger partial charge in [0.2, 0.25) is 0 Å². The molecule has 0 radical (unpaired) electrons. The van der Waals surface area contributed by atoms with E-state index in [1.54, 1.807) is 0 Å². The van der Waals surface area contributed by atoms with E-state index in [0.717, 1.165) is 25.7 Å². The Morgan fingerprint density at radius 3 is 2.71 bits per heavy atom. The Hall–Kier alpha value is -0.610. The maximum atomic E-state index is 11.4. The smallest absolute Gasteiger partial charge is 0.307 e. The Bertz CT molecular complexity index is 245. The highest BCUT2D eigenvalue weighted by Crippen LogP contribution is 2.24. The molecule has 0 amide bonds. The molecule has 17 heavy (non-hydrogen) atoms. The zero-order chi connectivity index (χ0) is 12.8. The Morgan fingerprint density at radius 2 is 2.12 bits per heavy atom. The second kappa shape index (κ2) is 6.97. The lowest BCUT2D eigenvalue weighted by atomic mass is 9.90. The standard InChI is InChI=1S/C13H25NO3/c1-4-17-13(16)9-10(2)14(3)11-7-5-6-8-12(11)15/h10-12,15H,4-9H2,1-3H3. The summed E-state index contributed by atoms with van der Waals surface area (Å²) < 4.78 is 4.95. The minimum atomic E-state index is -0.251.